The van der Waals surface area contributed by atoms with Crippen molar-refractivity contribution < 1.29 is 19.0 Å². The fraction of sp³-hybridized carbons (Fsp3) is 0.265. The van der Waals surface area contributed by atoms with Crippen molar-refractivity contribution in [2.24, 2.45) is 4.99 Å². The SMILES string of the molecule is COc1cc(C(=O)NC[C@@H](c2ccccc2)c2cc(C(C)(C)O)cc(-c3ccc(F)c(Cl)c3Cl)n2)cc(C=NC2CC2)c1N. The number of hydrogen-bond acceptors (Lipinski definition) is 6. The number of aromatic nitrogens is 1. The summed E-state index contributed by atoms with van der Waals surface area (Å²) in [5.74, 6) is -1.03. The molecule has 7 nitrogen and oxygen atoms in total. The van der Waals surface area contributed by atoms with E-state index in [0.717, 1.165) is 18.4 Å². The third kappa shape index (κ3) is 7.04. The number of benzene rings is 3. The van der Waals surface area contributed by atoms with Gasteiger partial charge in [-0.25, -0.2) is 4.39 Å². The summed E-state index contributed by atoms with van der Waals surface area (Å²) in [6, 6.07) is 19.4. The van der Waals surface area contributed by atoms with E-state index in [9.17, 15) is 14.3 Å². The molecular formula is C34H33Cl2FN4O3. The minimum atomic E-state index is -1.24. The molecule has 0 saturated heterocycles. The number of pyridine rings is 1. The molecule has 0 spiro atoms. The van der Waals surface area contributed by atoms with Gasteiger partial charge in [0.1, 0.15) is 11.6 Å². The number of nitrogens with zero attached hydrogens (tertiary/aromatic N) is 2. The Morgan fingerprint density at radius 1 is 1.16 bits per heavy atom. The van der Waals surface area contributed by atoms with Crippen LogP contribution in [-0.2, 0) is 5.60 Å². The van der Waals surface area contributed by atoms with Crippen LogP contribution in [0.4, 0.5) is 10.1 Å². The average Bonchev–Trinajstić information content (AvgIpc) is 3.84. The van der Waals surface area contributed by atoms with E-state index >= 15 is 0 Å². The monoisotopic (exact) mass is 634 g/mol. The topological polar surface area (TPSA) is 110 Å². The van der Waals surface area contributed by atoms with E-state index in [1.165, 1.54) is 19.2 Å². The van der Waals surface area contributed by atoms with Gasteiger partial charge in [-0.3, -0.25) is 14.8 Å². The number of nitrogen functional groups attached to an aromatic ring is 1. The van der Waals surface area contributed by atoms with Crippen molar-refractivity contribution in [1.82, 2.24) is 10.3 Å². The highest BCUT2D eigenvalue weighted by Crippen LogP contribution is 2.37. The zero-order valence-electron chi connectivity index (χ0n) is 24.6. The summed E-state index contributed by atoms with van der Waals surface area (Å²) in [6.45, 7) is 3.49. The smallest absolute Gasteiger partial charge is 0.251 e. The second kappa shape index (κ2) is 12.9. The molecule has 3 aromatic carbocycles. The van der Waals surface area contributed by atoms with Gasteiger partial charge in [-0.1, -0.05) is 53.5 Å². The predicted molar refractivity (Wildman–Crippen MR) is 174 cm³/mol. The summed E-state index contributed by atoms with van der Waals surface area (Å²) in [4.78, 5) is 23.0. The number of carbonyl (C=O) groups excluding carboxylic acids is 1. The first-order chi connectivity index (χ1) is 21.0. The lowest BCUT2D eigenvalue weighted by molar-refractivity contribution is 0.0783. The van der Waals surface area contributed by atoms with Crippen LogP contribution in [0.3, 0.4) is 0 Å². The molecule has 1 amide bonds. The van der Waals surface area contributed by atoms with Gasteiger partial charge in [0.15, 0.2) is 0 Å². The highest BCUT2D eigenvalue weighted by molar-refractivity contribution is 6.43. The Kier molecular flexibility index (Phi) is 9.25. The summed E-state index contributed by atoms with van der Waals surface area (Å²) in [5, 5.41) is 13.8. The maximum atomic E-state index is 14.1. The van der Waals surface area contributed by atoms with E-state index < -0.39 is 17.3 Å². The number of anilines is 1. The Hall–Kier alpha value is -3.98. The number of ether oxygens (including phenoxy) is 1. The van der Waals surface area contributed by atoms with Crippen LogP contribution in [0.2, 0.25) is 10.0 Å². The molecule has 5 rings (SSSR count). The third-order valence-electron chi connectivity index (χ3n) is 7.52. The second-order valence-electron chi connectivity index (χ2n) is 11.3. The number of methoxy groups -OCH3 is 1. The highest BCUT2D eigenvalue weighted by Gasteiger charge is 2.25. The molecule has 228 valence electrons. The number of amides is 1. The lowest BCUT2D eigenvalue weighted by Crippen LogP contribution is -2.30. The van der Waals surface area contributed by atoms with Gasteiger partial charge in [-0.15, -0.1) is 0 Å². The van der Waals surface area contributed by atoms with Crippen molar-refractivity contribution in [3.8, 4) is 17.0 Å². The van der Waals surface area contributed by atoms with Gasteiger partial charge in [-0.05, 0) is 74.2 Å². The molecule has 1 aromatic heterocycles. The summed E-state index contributed by atoms with van der Waals surface area (Å²) < 4.78 is 19.6. The van der Waals surface area contributed by atoms with Crippen molar-refractivity contribution in [2.75, 3.05) is 19.4 Å². The maximum Gasteiger partial charge on any atom is 0.251 e. The Morgan fingerprint density at radius 2 is 1.89 bits per heavy atom. The number of aliphatic imine (C=N–C) groups is 1. The fourth-order valence-electron chi connectivity index (χ4n) is 4.78. The van der Waals surface area contributed by atoms with Crippen LogP contribution in [0.25, 0.3) is 11.3 Å². The van der Waals surface area contributed by atoms with Crippen molar-refractivity contribution in [3.05, 3.63) is 111 Å². The molecule has 0 unspecified atom stereocenters. The van der Waals surface area contributed by atoms with Crippen LogP contribution < -0.4 is 15.8 Å². The van der Waals surface area contributed by atoms with Crippen LogP contribution >= 0.6 is 23.2 Å². The highest BCUT2D eigenvalue weighted by atomic mass is 35.5. The van der Waals surface area contributed by atoms with Crippen molar-refractivity contribution in [1.29, 1.82) is 0 Å². The Bertz CT molecular complexity index is 1720. The fourth-order valence-corrected chi connectivity index (χ4v) is 5.20. The van der Waals surface area contributed by atoms with Crippen LogP contribution in [0.15, 0.2) is 71.7 Å². The minimum absolute atomic E-state index is 0.0147. The van der Waals surface area contributed by atoms with Crippen molar-refractivity contribution in [3.63, 3.8) is 0 Å². The lowest BCUT2D eigenvalue weighted by atomic mass is 9.90. The van der Waals surface area contributed by atoms with E-state index in [-0.39, 0.29) is 22.5 Å². The molecule has 1 heterocycles. The first kappa shape index (κ1) is 31.4. The number of hydrogen-bond donors (Lipinski definition) is 3. The molecule has 44 heavy (non-hydrogen) atoms. The first-order valence-electron chi connectivity index (χ1n) is 14.2. The molecule has 0 radical (unpaired) electrons. The largest absolute Gasteiger partial charge is 0.495 e. The van der Waals surface area contributed by atoms with Gasteiger partial charge < -0.3 is 20.9 Å². The lowest BCUT2D eigenvalue weighted by Gasteiger charge is -2.24. The molecule has 0 bridgehead atoms. The Labute approximate surface area is 265 Å². The molecule has 0 aliphatic heterocycles. The number of halogens is 3. The summed E-state index contributed by atoms with van der Waals surface area (Å²) in [7, 11) is 1.50. The average molecular weight is 636 g/mol. The van der Waals surface area contributed by atoms with E-state index in [4.69, 9.17) is 38.7 Å². The number of nitrogens with one attached hydrogen (secondary N) is 1. The van der Waals surface area contributed by atoms with Crippen LogP contribution in [-0.4, -0.2) is 41.9 Å². The predicted octanol–water partition coefficient (Wildman–Crippen LogP) is 7.16. The molecule has 1 fully saturated rings. The van der Waals surface area contributed by atoms with Gasteiger partial charge in [0.2, 0.25) is 0 Å². The normalized spacial score (nSPS) is 14.1. The van der Waals surface area contributed by atoms with E-state index in [2.05, 4.69) is 10.3 Å². The molecule has 1 atom stereocenters. The first-order valence-corrected chi connectivity index (χ1v) is 14.9. The van der Waals surface area contributed by atoms with Gasteiger partial charge in [0.05, 0.1) is 45.9 Å². The van der Waals surface area contributed by atoms with Gasteiger partial charge in [0, 0.05) is 35.4 Å². The van der Waals surface area contributed by atoms with Crippen LogP contribution in [0.5, 0.6) is 5.75 Å². The summed E-state index contributed by atoms with van der Waals surface area (Å²) in [5.41, 5.74) is 9.24. The van der Waals surface area contributed by atoms with Gasteiger partial charge in [-0.2, -0.15) is 0 Å². The molecule has 4 N–H and O–H groups in total. The molecule has 1 saturated carbocycles. The van der Waals surface area contributed by atoms with E-state index in [0.29, 0.717) is 51.1 Å². The second-order valence-corrected chi connectivity index (χ2v) is 12.1. The van der Waals surface area contributed by atoms with Crippen LogP contribution in [0.1, 0.15) is 65.3 Å². The number of aliphatic hydroxyl groups is 1. The van der Waals surface area contributed by atoms with E-state index in [1.54, 1.807) is 44.3 Å². The number of nitrogens with two attached hydrogens (primary N) is 1. The molecule has 1 aliphatic carbocycles. The minimum Gasteiger partial charge on any atom is -0.495 e. The number of rotatable bonds is 10. The standard InChI is InChI=1S/C34H33Cl2FN4O3/c1-34(2,43)22-15-27(24-11-12-26(37)31(36)30(24)35)41-28(16-22)25(19-7-5-4-6-8-19)18-40-33(42)20-13-21(17-39-23-9-10-23)32(38)29(14-20)44-3/h4-8,11-17,23,25,43H,9-10,18,38H2,1-3H3,(H,40,42)/t25-/m0/s1. The zero-order valence-corrected chi connectivity index (χ0v) is 26.1. The maximum absolute atomic E-state index is 14.1. The molecule has 1 aliphatic rings. The van der Waals surface area contributed by atoms with E-state index in [1.807, 2.05) is 30.3 Å². The molecule has 4 aromatic rings. The van der Waals surface area contributed by atoms with Crippen molar-refractivity contribution >= 4 is 41.0 Å². The summed E-state index contributed by atoms with van der Waals surface area (Å²) >= 11 is 12.6. The molecular weight excluding hydrogens is 602 g/mol. The molecule has 10 heteroatoms. The van der Waals surface area contributed by atoms with Gasteiger partial charge in [0.25, 0.3) is 5.91 Å². The van der Waals surface area contributed by atoms with Crippen LogP contribution in [0, 0.1) is 5.82 Å². The Morgan fingerprint density at radius 3 is 2.55 bits per heavy atom. The summed E-state index contributed by atoms with van der Waals surface area (Å²) in [6.07, 6.45) is 3.78. The third-order valence-corrected chi connectivity index (χ3v) is 8.37. The zero-order chi connectivity index (χ0) is 31.6. The number of carbonyl (C=O) groups is 1. The quantitative estimate of drug-likeness (QED) is 0.0974. The van der Waals surface area contributed by atoms with Crippen molar-refractivity contribution in [2.45, 2.75) is 44.2 Å². The Balaban J connectivity index is 1.53. The van der Waals surface area contributed by atoms with Gasteiger partial charge >= 0.3 is 0 Å².